The van der Waals surface area contributed by atoms with Gasteiger partial charge in [-0.25, -0.2) is 4.98 Å². The summed E-state index contributed by atoms with van der Waals surface area (Å²) in [6.45, 7) is 6.48. The number of hydrogen-bond donors (Lipinski definition) is 1. The van der Waals surface area contributed by atoms with E-state index < -0.39 is 0 Å². The van der Waals surface area contributed by atoms with Gasteiger partial charge in [-0.15, -0.1) is 0 Å². The van der Waals surface area contributed by atoms with E-state index in [0.717, 1.165) is 16.7 Å². The van der Waals surface area contributed by atoms with Crippen molar-refractivity contribution in [3.05, 3.63) is 72.1 Å². The predicted octanol–water partition coefficient (Wildman–Crippen LogP) is 4.58. The second kappa shape index (κ2) is 6.85. The summed E-state index contributed by atoms with van der Waals surface area (Å²) in [7, 11) is 0. The Balaban J connectivity index is 1.67. The highest BCUT2D eigenvalue weighted by molar-refractivity contribution is 6.01. The molecule has 0 unspecified atom stereocenters. The molecule has 0 saturated carbocycles. The average Bonchev–Trinajstić information content (AvgIpc) is 2.59. The van der Waals surface area contributed by atoms with Crippen molar-refractivity contribution >= 4 is 28.7 Å². The van der Waals surface area contributed by atoms with Crippen LogP contribution in [-0.4, -0.2) is 15.9 Å². The third kappa shape index (κ3) is 4.29. The van der Waals surface area contributed by atoms with Crippen molar-refractivity contribution in [3.8, 4) is 0 Å². The molecule has 1 amide bonds. The van der Waals surface area contributed by atoms with E-state index in [-0.39, 0.29) is 11.3 Å². The van der Waals surface area contributed by atoms with Gasteiger partial charge in [-0.1, -0.05) is 45.0 Å². The summed E-state index contributed by atoms with van der Waals surface area (Å²) in [4.78, 5) is 20.9. The number of nitrogens with zero attached hydrogens (tertiary/aromatic N) is 2. The topological polar surface area (TPSA) is 54.9 Å². The quantitative estimate of drug-likeness (QED) is 0.715. The van der Waals surface area contributed by atoms with Crippen LogP contribution < -0.4 is 5.32 Å². The van der Waals surface area contributed by atoms with Crippen LogP contribution in [0.15, 0.2) is 60.8 Å². The van der Waals surface area contributed by atoms with E-state index >= 15 is 0 Å². The van der Waals surface area contributed by atoms with Crippen LogP contribution in [0.3, 0.4) is 0 Å². The molecule has 0 spiro atoms. The van der Waals surface area contributed by atoms with Crippen LogP contribution in [0.1, 0.15) is 32.0 Å². The number of carbonyl (C=O) groups is 1. The Labute approximate surface area is 147 Å². The molecule has 0 atom stereocenters. The van der Waals surface area contributed by atoms with Gasteiger partial charge in [-0.05, 0) is 41.3 Å². The van der Waals surface area contributed by atoms with Crippen LogP contribution in [0, 0.1) is 0 Å². The molecule has 0 fully saturated rings. The first-order valence-electron chi connectivity index (χ1n) is 8.23. The maximum atomic E-state index is 12.1. The molecule has 2 aromatic carbocycles. The molecular weight excluding hydrogens is 310 g/mol. The van der Waals surface area contributed by atoms with E-state index in [2.05, 4.69) is 36.1 Å². The summed E-state index contributed by atoms with van der Waals surface area (Å²) < 4.78 is 0. The van der Waals surface area contributed by atoms with Crippen LogP contribution in [0.2, 0.25) is 0 Å². The molecular formula is C21H21N3O. The number of aromatic nitrogens is 2. The molecule has 0 aliphatic heterocycles. The van der Waals surface area contributed by atoms with Gasteiger partial charge >= 0.3 is 0 Å². The summed E-state index contributed by atoms with van der Waals surface area (Å²) >= 11 is 0. The van der Waals surface area contributed by atoms with Crippen molar-refractivity contribution in [1.82, 2.24) is 9.97 Å². The van der Waals surface area contributed by atoms with Crippen LogP contribution in [0.5, 0.6) is 0 Å². The summed E-state index contributed by atoms with van der Waals surface area (Å²) in [6.07, 6.45) is 4.79. The number of benzene rings is 2. The highest BCUT2D eigenvalue weighted by Crippen LogP contribution is 2.23. The number of nitrogens with one attached hydrogen (secondary N) is 1. The Morgan fingerprint density at radius 2 is 1.68 bits per heavy atom. The van der Waals surface area contributed by atoms with Crippen molar-refractivity contribution in [3.63, 3.8) is 0 Å². The fourth-order valence-electron chi connectivity index (χ4n) is 2.45. The lowest BCUT2D eigenvalue weighted by molar-refractivity contribution is -0.111. The van der Waals surface area contributed by atoms with E-state index in [1.165, 1.54) is 11.6 Å². The monoisotopic (exact) mass is 331 g/mol. The molecule has 0 saturated heterocycles. The summed E-state index contributed by atoms with van der Waals surface area (Å²) in [5.41, 5.74) is 4.39. The van der Waals surface area contributed by atoms with Crippen LogP contribution in [0.25, 0.3) is 17.1 Å². The van der Waals surface area contributed by atoms with Crippen molar-refractivity contribution < 1.29 is 4.79 Å². The van der Waals surface area contributed by atoms with Gasteiger partial charge in [0.05, 0.1) is 22.9 Å². The number of hydrogen-bond acceptors (Lipinski definition) is 3. The molecule has 1 N–H and O–H groups in total. The Kier molecular flexibility index (Phi) is 4.61. The fraction of sp³-hybridized carbons (Fsp3) is 0.190. The van der Waals surface area contributed by atoms with Gasteiger partial charge in [0, 0.05) is 11.8 Å². The number of fused-ring (bicyclic) bond motifs is 1. The van der Waals surface area contributed by atoms with Crippen molar-refractivity contribution in [1.29, 1.82) is 0 Å². The zero-order valence-corrected chi connectivity index (χ0v) is 14.7. The van der Waals surface area contributed by atoms with Gasteiger partial charge in [0.2, 0.25) is 5.91 Å². The van der Waals surface area contributed by atoms with E-state index in [0.29, 0.717) is 5.69 Å². The lowest BCUT2D eigenvalue weighted by atomic mass is 9.87. The predicted molar refractivity (Wildman–Crippen MR) is 102 cm³/mol. The highest BCUT2D eigenvalue weighted by Gasteiger charge is 2.12. The Morgan fingerprint density at radius 3 is 2.36 bits per heavy atom. The van der Waals surface area contributed by atoms with Gasteiger partial charge in [0.1, 0.15) is 0 Å². The largest absolute Gasteiger partial charge is 0.323 e. The normalized spacial score (nSPS) is 11.8. The maximum absolute atomic E-state index is 12.1. The Morgan fingerprint density at radius 1 is 1.00 bits per heavy atom. The summed E-state index contributed by atoms with van der Waals surface area (Å²) in [5.74, 6) is -0.196. The molecule has 0 radical (unpaired) electrons. The van der Waals surface area contributed by atoms with E-state index in [1.54, 1.807) is 12.3 Å². The Hall–Kier alpha value is -3.01. The Bertz CT molecular complexity index is 922. The zero-order chi connectivity index (χ0) is 17.9. The molecule has 1 aromatic heterocycles. The third-order valence-corrected chi connectivity index (χ3v) is 3.89. The molecule has 0 aliphatic rings. The second-order valence-electron chi connectivity index (χ2n) is 6.93. The van der Waals surface area contributed by atoms with Crippen molar-refractivity contribution in [2.45, 2.75) is 26.2 Å². The number of amides is 1. The minimum atomic E-state index is -0.196. The molecule has 3 aromatic rings. The minimum Gasteiger partial charge on any atom is -0.323 e. The molecule has 3 rings (SSSR count). The summed E-state index contributed by atoms with van der Waals surface area (Å²) in [6, 6.07) is 15.6. The first-order valence-corrected chi connectivity index (χ1v) is 8.23. The van der Waals surface area contributed by atoms with Gasteiger partial charge < -0.3 is 5.32 Å². The standard InChI is InChI=1S/C21H21N3O/c1-21(2,3)15-8-10-16(11-9-15)24-20(25)13-12-17-14-22-18-6-4-5-7-19(18)23-17/h4-14H,1-3H3,(H,24,25)/b13-12+. The highest BCUT2D eigenvalue weighted by atomic mass is 16.1. The number of carbonyl (C=O) groups excluding carboxylic acids is 1. The average molecular weight is 331 g/mol. The van der Waals surface area contributed by atoms with Gasteiger partial charge in [-0.2, -0.15) is 0 Å². The summed E-state index contributed by atoms with van der Waals surface area (Å²) in [5, 5.41) is 2.85. The molecule has 4 nitrogen and oxygen atoms in total. The molecule has 25 heavy (non-hydrogen) atoms. The SMILES string of the molecule is CC(C)(C)c1ccc(NC(=O)/C=C/c2cnc3ccccc3n2)cc1. The third-order valence-electron chi connectivity index (χ3n) is 3.89. The minimum absolute atomic E-state index is 0.0944. The van der Waals surface area contributed by atoms with Gasteiger partial charge in [0.15, 0.2) is 0 Å². The lowest BCUT2D eigenvalue weighted by Gasteiger charge is -2.19. The molecule has 0 bridgehead atoms. The van der Waals surface area contributed by atoms with E-state index in [9.17, 15) is 4.79 Å². The van der Waals surface area contributed by atoms with Crippen molar-refractivity contribution in [2.75, 3.05) is 5.32 Å². The van der Waals surface area contributed by atoms with Gasteiger partial charge in [0.25, 0.3) is 0 Å². The smallest absolute Gasteiger partial charge is 0.248 e. The zero-order valence-electron chi connectivity index (χ0n) is 14.7. The number of para-hydroxylation sites is 2. The van der Waals surface area contributed by atoms with E-state index in [1.807, 2.05) is 48.5 Å². The van der Waals surface area contributed by atoms with E-state index in [4.69, 9.17) is 0 Å². The fourth-order valence-corrected chi connectivity index (χ4v) is 2.45. The maximum Gasteiger partial charge on any atom is 0.248 e. The van der Waals surface area contributed by atoms with Gasteiger partial charge in [-0.3, -0.25) is 9.78 Å². The molecule has 126 valence electrons. The first kappa shape index (κ1) is 16.8. The number of anilines is 1. The van der Waals surface area contributed by atoms with Crippen LogP contribution in [-0.2, 0) is 10.2 Å². The van der Waals surface area contributed by atoms with Crippen LogP contribution in [0.4, 0.5) is 5.69 Å². The lowest BCUT2D eigenvalue weighted by Crippen LogP contribution is -2.12. The van der Waals surface area contributed by atoms with Crippen LogP contribution >= 0.6 is 0 Å². The molecule has 0 aliphatic carbocycles. The molecule has 4 heteroatoms. The number of rotatable bonds is 3. The second-order valence-corrected chi connectivity index (χ2v) is 6.93. The van der Waals surface area contributed by atoms with Crippen molar-refractivity contribution in [2.24, 2.45) is 0 Å². The first-order chi connectivity index (χ1) is 11.9. The molecule has 1 heterocycles.